The van der Waals surface area contributed by atoms with E-state index in [0.29, 0.717) is 0 Å². The summed E-state index contributed by atoms with van der Waals surface area (Å²) in [5.74, 6) is 1.89. The van der Waals surface area contributed by atoms with E-state index in [1.54, 1.807) is 0 Å². The topological polar surface area (TPSA) is 17.4 Å². The third-order valence-electron chi connectivity index (χ3n) is 13.2. The van der Waals surface area contributed by atoms with Crippen LogP contribution in [0, 0.1) is 0 Å². The van der Waals surface area contributed by atoms with E-state index in [2.05, 4.69) is 240 Å². The summed E-state index contributed by atoms with van der Waals surface area (Å²) < 4.78 is 9.27. The number of hydrogen-bond acceptors (Lipinski definition) is 2. The first-order chi connectivity index (χ1) is 30.8. The van der Waals surface area contributed by atoms with Crippen molar-refractivity contribution in [3.63, 3.8) is 0 Å². The summed E-state index contributed by atoms with van der Waals surface area (Å²) in [7, 11) is -2.81. The molecule has 3 nitrogen and oxygen atoms in total. The molecule has 0 atom stereocenters. The van der Waals surface area contributed by atoms with Crippen molar-refractivity contribution in [2.75, 3.05) is 4.90 Å². The van der Waals surface area contributed by atoms with Crippen molar-refractivity contribution in [3.8, 4) is 39.4 Å². The molecule has 1 aromatic heterocycles. The molecular weight excluding hydrogens is 769 g/mol. The predicted molar refractivity (Wildman–Crippen MR) is 261 cm³/mol. The molecule has 0 amide bonds. The highest BCUT2D eigenvalue weighted by Gasteiger charge is 2.53. The molecule has 1 spiro atoms. The molecule has 2 aliphatic rings. The minimum absolute atomic E-state index is 0.932. The van der Waals surface area contributed by atoms with Gasteiger partial charge in [-0.15, -0.1) is 0 Å². The monoisotopic (exact) mass is 806 g/mol. The summed E-state index contributed by atoms with van der Waals surface area (Å²) in [5, 5.41) is 10.3. The Labute approximate surface area is 361 Å². The lowest BCUT2D eigenvalue weighted by atomic mass is 9.99. The highest BCUT2D eigenvalue weighted by molar-refractivity contribution is 7.23. The summed E-state index contributed by atoms with van der Waals surface area (Å²) in [6.07, 6.45) is 0. The molecule has 0 N–H and O–H groups in total. The Morgan fingerprint density at radius 2 is 0.968 bits per heavy atom. The SMILES string of the molecule is c1ccc(-n2c3ccccc3c3c(-c4ccc(N(c5ccc6c(c5)[Si]5(c7ccccc7O6)c6ccccc6-c6ccccc65)c5cccc6ccccc56)cc4)cccc32)cc1. The molecule has 4 heteroatoms. The molecule has 13 rings (SSSR count). The van der Waals surface area contributed by atoms with Crippen molar-refractivity contribution in [1.82, 2.24) is 4.57 Å². The molecule has 0 aliphatic carbocycles. The van der Waals surface area contributed by atoms with Crippen LogP contribution in [0.3, 0.4) is 0 Å². The van der Waals surface area contributed by atoms with Crippen LogP contribution in [-0.4, -0.2) is 12.6 Å². The van der Waals surface area contributed by atoms with Crippen LogP contribution in [0.1, 0.15) is 0 Å². The van der Waals surface area contributed by atoms with Crippen LogP contribution in [0.5, 0.6) is 11.5 Å². The molecule has 3 heterocycles. The first-order valence-electron chi connectivity index (χ1n) is 21.3. The Kier molecular flexibility index (Phi) is 7.62. The number of para-hydroxylation sites is 3. The molecule has 0 bridgehead atoms. The lowest BCUT2D eigenvalue weighted by Gasteiger charge is -2.38. The fourth-order valence-electron chi connectivity index (χ4n) is 10.7. The van der Waals surface area contributed by atoms with Crippen LogP contribution >= 0.6 is 0 Å². The van der Waals surface area contributed by atoms with Gasteiger partial charge in [0.05, 0.1) is 16.7 Å². The van der Waals surface area contributed by atoms with Gasteiger partial charge >= 0.3 is 0 Å². The largest absolute Gasteiger partial charge is 0.458 e. The minimum Gasteiger partial charge on any atom is -0.458 e. The van der Waals surface area contributed by atoms with Gasteiger partial charge in [-0.25, -0.2) is 0 Å². The fourth-order valence-corrected chi connectivity index (χ4v) is 16.1. The van der Waals surface area contributed by atoms with Crippen LogP contribution in [0.4, 0.5) is 17.1 Å². The molecule has 0 radical (unpaired) electrons. The molecule has 0 saturated heterocycles. The second-order valence-corrected chi connectivity index (χ2v) is 20.0. The van der Waals surface area contributed by atoms with E-state index in [1.165, 1.54) is 75.6 Å². The van der Waals surface area contributed by atoms with Gasteiger partial charge in [0.1, 0.15) is 11.5 Å². The second kappa shape index (κ2) is 13.5. The lowest BCUT2D eigenvalue weighted by Crippen LogP contribution is -2.74. The summed E-state index contributed by atoms with van der Waals surface area (Å²) in [4.78, 5) is 2.45. The average molecular weight is 807 g/mol. The molecule has 62 heavy (non-hydrogen) atoms. The smallest absolute Gasteiger partial charge is 0.189 e. The van der Waals surface area contributed by atoms with Crippen molar-refractivity contribution in [1.29, 1.82) is 0 Å². The third-order valence-corrected chi connectivity index (χ3v) is 18.2. The molecular formula is C58H38N2OSi. The number of nitrogens with zero attached hydrogens (tertiary/aromatic N) is 2. The summed E-state index contributed by atoms with van der Waals surface area (Å²) in [6.45, 7) is 0. The standard InChI is InChI=1S/C58H38N2OSi/c1-2-18-41(19-3-1)60-50-25-9-6-23-48(50)58-45(24-15-27-51(58)60)40-32-34-42(35-33-40)59(49-26-14-17-39-16-4-5-20-44(39)49)43-36-37-53-57(38-43)62(56-31-13-10-28-52(56)61-53)54-29-11-7-21-46(54)47-22-8-12-30-55(47)62/h1-38H. The molecule has 2 aliphatic heterocycles. The Morgan fingerprint density at radius 1 is 0.387 bits per heavy atom. The molecule has 0 fully saturated rings. The number of fused-ring (bicyclic) bond motifs is 13. The third kappa shape index (κ3) is 4.93. The summed E-state index contributed by atoms with van der Waals surface area (Å²) in [5.41, 5.74) is 11.9. The zero-order valence-electron chi connectivity index (χ0n) is 33.7. The Hall–Kier alpha value is -7.92. The van der Waals surface area contributed by atoms with Gasteiger partial charge in [0.15, 0.2) is 8.07 Å². The van der Waals surface area contributed by atoms with Gasteiger partial charge in [-0.3, -0.25) is 0 Å². The zero-order valence-corrected chi connectivity index (χ0v) is 34.7. The Balaban J connectivity index is 1.02. The van der Waals surface area contributed by atoms with Crippen molar-refractivity contribution in [2.24, 2.45) is 0 Å². The van der Waals surface area contributed by atoms with Crippen molar-refractivity contribution < 1.29 is 4.74 Å². The molecule has 0 unspecified atom stereocenters. The van der Waals surface area contributed by atoms with Gasteiger partial charge in [-0.05, 0) is 115 Å². The average Bonchev–Trinajstić information content (AvgIpc) is 3.84. The maximum Gasteiger partial charge on any atom is 0.189 e. The summed E-state index contributed by atoms with van der Waals surface area (Å²) in [6, 6.07) is 84.5. The van der Waals surface area contributed by atoms with Gasteiger partial charge in [0.2, 0.25) is 0 Å². The highest BCUT2D eigenvalue weighted by Crippen LogP contribution is 2.44. The minimum atomic E-state index is -2.81. The number of rotatable bonds is 5. The highest BCUT2D eigenvalue weighted by atomic mass is 28.3. The van der Waals surface area contributed by atoms with Crippen molar-refractivity contribution in [3.05, 3.63) is 231 Å². The molecule has 10 aromatic carbocycles. The van der Waals surface area contributed by atoms with Crippen molar-refractivity contribution in [2.45, 2.75) is 0 Å². The van der Waals surface area contributed by atoms with Crippen LogP contribution < -0.4 is 30.4 Å². The number of benzene rings is 10. The first kappa shape index (κ1) is 34.9. The van der Waals surface area contributed by atoms with Gasteiger partial charge in [-0.1, -0.05) is 164 Å². The molecule has 290 valence electrons. The van der Waals surface area contributed by atoms with Crippen LogP contribution in [0.15, 0.2) is 231 Å². The first-order valence-corrected chi connectivity index (χ1v) is 23.3. The second-order valence-electron chi connectivity index (χ2n) is 16.4. The number of ether oxygens (including phenoxy) is 1. The molecule has 11 aromatic rings. The van der Waals surface area contributed by atoms with Crippen LogP contribution in [0.2, 0.25) is 0 Å². The van der Waals surface area contributed by atoms with E-state index >= 15 is 0 Å². The van der Waals surface area contributed by atoms with E-state index in [4.69, 9.17) is 4.74 Å². The summed E-state index contributed by atoms with van der Waals surface area (Å²) >= 11 is 0. The van der Waals surface area contributed by atoms with E-state index in [1.807, 2.05) is 0 Å². The van der Waals surface area contributed by atoms with E-state index < -0.39 is 8.07 Å². The predicted octanol–water partition coefficient (Wildman–Crippen LogP) is 12.5. The normalized spacial score (nSPS) is 13.1. The maximum absolute atomic E-state index is 6.89. The van der Waals surface area contributed by atoms with E-state index in [0.717, 1.165) is 34.2 Å². The lowest BCUT2D eigenvalue weighted by molar-refractivity contribution is 0.487. The van der Waals surface area contributed by atoms with Gasteiger partial charge < -0.3 is 14.2 Å². The van der Waals surface area contributed by atoms with Gasteiger partial charge in [0, 0.05) is 33.2 Å². The fraction of sp³-hybridized carbons (Fsp3) is 0. The maximum atomic E-state index is 6.89. The Bertz CT molecular complexity index is 3520. The number of aromatic nitrogens is 1. The van der Waals surface area contributed by atoms with Gasteiger partial charge in [0.25, 0.3) is 0 Å². The van der Waals surface area contributed by atoms with E-state index in [9.17, 15) is 0 Å². The number of anilines is 3. The van der Waals surface area contributed by atoms with Crippen molar-refractivity contribution >= 4 is 78.5 Å². The van der Waals surface area contributed by atoms with E-state index in [-0.39, 0.29) is 0 Å². The Morgan fingerprint density at radius 3 is 1.77 bits per heavy atom. The number of hydrogen-bond donors (Lipinski definition) is 0. The van der Waals surface area contributed by atoms with Crippen LogP contribution in [0.25, 0.3) is 60.5 Å². The quantitative estimate of drug-likeness (QED) is 0.161. The zero-order chi connectivity index (χ0) is 40.8. The van der Waals surface area contributed by atoms with Gasteiger partial charge in [-0.2, -0.15) is 0 Å². The molecule has 0 saturated carbocycles. The van der Waals surface area contributed by atoms with Crippen LogP contribution in [-0.2, 0) is 0 Å².